The Hall–Kier alpha value is -1.98. The third-order valence-corrected chi connectivity index (χ3v) is 3.49. The number of benzene rings is 1. The lowest BCUT2D eigenvalue weighted by atomic mass is 10.2. The van der Waals surface area contributed by atoms with Gasteiger partial charge in [0, 0.05) is 6.20 Å². The molecule has 3 rings (SSSR count). The Bertz CT molecular complexity index is 779. The van der Waals surface area contributed by atoms with E-state index in [1.54, 1.807) is 6.20 Å². The standard InChI is InChI=1S/C14H11ClN4S/c15-12-11(7-4-8-16-12)13-17-14(20)19(18-13)9-10-5-2-1-3-6-10/h1-8H,9H2,(H,17,18,20). The van der Waals surface area contributed by atoms with Gasteiger partial charge in [0.15, 0.2) is 5.82 Å². The molecule has 20 heavy (non-hydrogen) atoms. The summed E-state index contributed by atoms with van der Waals surface area (Å²) in [5.41, 5.74) is 1.89. The van der Waals surface area contributed by atoms with Gasteiger partial charge < -0.3 is 0 Å². The molecule has 0 saturated carbocycles. The molecule has 0 spiro atoms. The molecule has 3 aromatic rings. The Kier molecular flexibility index (Phi) is 3.62. The van der Waals surface area contributed by atoms with Crippen molar-refractivity contribution in [1.29, 1.82) is 0 Å². The molecule has 4 nitrogen and oxygen atoms in total. The summed E-state index contributed by atoms with van der Waals surface area (Å²) in [6.07, 6.45) is 1.64. The van der Waals surface area contributed by atoms with Gasteiger partial charge in [-0.15, -0.1) is 0 Å². The molecule has 6 heteroatoms. The molecule has 0 unspecified atom stereocenters. The Balaban J connectivity index is 1.96. The number of aromatic nitrogens is 4. The summed E-state index contributed by atoms with van der Waals surface area (Å²) in [5, 5.41) is 3.57. The number of hydrogen-bond donors (Lipinski definition) is 1. The molecule has 0 aliphatic heterocycles. The van der Waals surface area contributed by atoms with Crippen molar-refractivity contribution in [3.63, 3.8) is 0 Å². The van der Waals surface area contributed by atoms with Crippen molar-refractivity contribution in [1.82, 2.24) is 19.7 Å². The van der Waals surface area contributed by atoms with Crippen LogP contribution in [0.3, 0.4) is 0 Å². The molecule has 0 radical (unpaired) electrons. The van der Waals surface area contributed by atoms with Crippen LogP contribution in [0.2, 0.25) is 5.15 Å². The van der Waals surface area contributed by atoms with Crippen molar-refractivity contribution in [2.24, 2.45) is 0 Å². The molecular formula is C14H11ClN4S. The highest BCUT2D eigenvalue weighted by Crippen LogP contribution is 2.22. The van der Waals surface area contributed by atoms with Crippen LogP contribution in [0.15, 0.2) is 48.7 Å². The van der Waals surface area contributed by atoms with E-state index in [4.69, 9.17) is 23.8 Å². The lowest BCUT2D eigenvalue weighted by Crippen LogP contribution is -2.01. The predicted octanol–water partition coefficient (Wildman–Crippen LogP) is 3.70. The molecule has 0 aliphatic rings. The van der Waals surface area contributed by atoms with Crippen LogP contribution < -0.4 is 0 Å². The van der Waals surface area contributed by atoms with Crippen LogP contribution >= 0.6 is 23.8 Å². The zero-order valence-electron chi connectivity index (χ0n) is 10.5. The van der Waals surface area contributed by atoms with Crippen molar-refractivity contribution < 1.29 is 0 Å². The Morgan fingerprint density at radius 3 is 2.70 bits per heavy atom. The van der Waals surface area contributed by atoms with Crippen LogP contribution in [0.1, 0.15) is 5.56 Å². The smallest absolute Gasteiger partial charge is 0.216 e. The second-order valence-electron chi connectivity index (χ2n) is 4.27. The largest absolute Gasteiger partial charge is 0.279 e. The fourth-order valence-corrected chi connectivity index (χ4v) is 2.32. The highest BCUT2D eigenvalue weighted by molar-refractivity contribution is 7.71. The second-order valence-corrected chi connectivity index (χ2v) is 4.99. The van der Waals surface area contributed by atoms with Gasteiger partial charge in [-0.05, 0) is 29.9 Å². The predicted molar refractivity (Wildman–Crippen MR) is 81.2 cm³/mol. The Labute approximate surface area is 126 Å². The van der Waals surface area contributed by atoms with Crippen molar-refractivity contribution in [2.45, 2.75) is 6.54 Å². The minimum Gasteiger partial charge on any atom is -0.279 e. The highest BCUT2D eigenvalue weighted by atomic mass is 35.5. The second kappa shape index (κ2) is 5.56. The van der Waals surface area contributed by atoms with Crippen LogP contribution in [-0.2, 0) is 6.54 Å². The monoisotopic (exact) mass is 302 g/mol. The van der Waals surface area contributed by atoms with E-state index >= 15 is 0 Å². The molecule has 0 fully saturated rings. The van der Waals surface area contributed by atoms with Gasteiger partial charge in [0.05, 0.1) is 12.1 Å². The van der Waals surface area contributed by atoms with Crippen LogP contribution in [0.4, 0.5) is 0 Å². The van der Waals surface area contributed by atoms with Gasteiger partial charge >= 0.3 is 0 Å². The lowest BCUT2D eigenvalue weighted by Gasteiger charge is -2.02. The van der Waals surface area contributed by atoms with Crippen LogP contribution in [0, 0.1) is 4.77 Å². The van der Waals surface area contributed by atoms with Crippen LogP contribution in [0.25, 0.3) is 11.4 Å². The molecular weight excluding hydrogens is 292 g/mol. The van der Waals surface area contributed by atoms with Gasteiger partial charge in [0.1, 0.15) is 5.15 Å². The summed E-state index contributed by atoms with van der Waals surface area (Å²) in [7, 11) is 0. The van der Waals surface area contributed by atoms with Gasteiger partial charge in [-0.25, -0.2) is 4.98 Å². The first-order chi connectivity index (χ1) is 9.74. The zero-order valence-corrected chi connectivity index (χ0v) is 12.0. The molecule has 2 heterocycles. The molecule has 0 amide bonds. The van der Waals surface area contributed by atoms with Gasteiger partial charge in [0.25, 0.3) is 0 Å². The quantitative estimate of drug-likeness (QED) is 0.593. The molecule has 0 bridgehead atoms. The van der Waals surface area contributed by atoms with Crippen molar-refractivity contribution in [2.75, 3.05) is 0 Å². The fraction of sp³-hybridized carbons (Fsp3) is 0.0714. The SMILES string of the molecule is S=c1nc(-c2cccnc2Cl)[nH]n1Cc1ccccc1. The summed E-state index contributed by atoms with van der Waals surface area (Å²) < 4.78 is 2.30. The molecule has 1 aromatic carbocycles. The number of halogens is 1. The minimum atomic E-state index is 0.406. The average molecular weight is 303 g/mol. The van der Waals surface area contributed by atoms with Crippen LogP contribution in [0.5, 0.6) is 0 Å². The molecule has 0 atom stereocenters. The van der Waals surface area contributed by atoms with Crippen molar-refractivity contribution in [3.05, 3.63) is 64.1 Å². The molecule has 2 aromatic heterocycles. The number of nitrogens with zero attached hydrogens (tertiary/aromatic N) is 3. The summed E-state index contributed by atoms with van der Waals surface area (Å²) >= 11 is 11.3. The van der Waals surface area contributed by atoms with Gasteiger partial charge in [0.2, 0.25) is 4.77 Å². The van der Waals surface area contributed by atoms with E-state index in [9.17, 15) is 0 Å². The number of pyridine rings is 1. The first kappa shape index (κ1) is 13.0. The highest BCUT2D eigenvalue weighted by Gasteiger charge is 2.09. The maximum atomic E-state index is 6.07. The molecule has 0 aliphatic carbocycles. The number of hydrogen-bond acceptors (Lipinski definition) is 3. The van der Waals surface area contributed by atoms with E-state index in [0.29, 0.717) is 22.3 Å². The zero-order chi connectivity index (χ0) is 13.9. The van der Waals surface area contributed by atoms with Gasteiger partial charge in [-0.2, -0.15) is 4.98 Å². The van der Waals surface area contributed by atoms with E-state index in [1.165, 1.54) is 0 Å². The van der Waals surface area contributed by atoms with Crippen LogP contribution in [-0.4, -0.2) is 19.7 Å². The fourth-order valence-electron chi connectivity index (χ4n) is 1.91. The third kappa shape index (κ3) is 2.64. The van der Waals surface area contributed by atoms with E-state index in [2.05, 4.69) is 15.1 Å². The number of H-pyrrole nitrogens is 1. The van der Waals surface area contributed by atoms with Gasteiger partial charge in [-0.3, -0.25) is 9.78 Å². The lowest BCUT2D eigenvalue weighted by molar-refractivity contribution is 0.677. The Morgan fingerprint density at radius 2 is 1.95 bits per heavy atom. The number of aromatic amines is 1. The van der Waals surface area contributed by atoms with E-state index < -0.39 is 0 Å². The molecule has 100 valence electrons. The minimum absolute atomic E-state index is 0.406. The first-order valence-electron chi connectivity index (χ1n) is 6.06. The maximum Gasteiger partial charge on any atom is 0.216 e. The topological polar surface area (TPSA) is 46.5 Å². The summed E-state index contributed by atoms with van der Waals surface area (Å²) in [4.78, 5) is 8.38. The number of rotatable bonds is 3. The third-order valence-electron chi connectivity index (χ3n) is 2.88. The molecule has 1 N–H and O–H groups in total. The van der Waals surface area contributed by atoms with Crippen molar-refractivity contribution >= 4 is 23.8 Å². The van der Waals surface area contributed by atoms with E-state index in [0.717, 1.165) is 11.1 Å². The Morgan fingerprint density at radius 1 is 1.15 bits per heavy atom. The maximum absolute atomic E-state index is 6.07. The number of nitrogens with one attached hydrogen (secondary N) is 1. The summed E-state index contributed by atoms with van der Waals surface area (Å²) in [5.74, 6) is 0.629. The summed E-state index contributed by atoms with van der Waals surface area (Å²) in [6, 6.07) is 13.7. The van der Waals surface area contributed by atoms with Gasteiger partial charge in [-0.1, -0.05) is 41.9 Å². The molecule has 0 saturated heterocycles. The summed E-state index contributed by atoms with van der Waals surface area (Å²) in [6.45, 7) is 0.643. The normalized spacial score (nSPS) is 10.7. The first-order valence-corrected chi connectivity index (χ1v) is 6.84. The van der Waals surface area contributed by atoms with E-state index in [-0.39, 0.29) is 0 Å². The van der Waals surface area contributed by atoms with Crippen molar-refractivity contribution in [3.8, 4) is 11.4 Å². The average Bonchev–Trinajstić information content (AvgIpc) is 2.81. The van der Waals surface area contributed by atoms with E-state index in [1.807, 2.05) is 47.1 Å².